The van der Waals surface area contributed by atoms with E-state index in [1.165, 1.54) is 0 Å². The molecule has 0 aliphatic rings. The van der Waals surface area contributed by atoms with E-state index in [2.05, 4.69) is 10.1 Å². The molecule has 0 radical (unpaired) electrons. The maximum atomic E-state index is 10.8. The van der Waals surface area contributed by atoms with Gasteiger partial charge in [-0.3, -0.25) is 4.79 Å². The minimum Gasteiger partial charge on any atom is -0.450 e. The van der Waals surface area contributed by atoms with Gasteiger partial charge in [0, 0.05) is 0 Å². The highest BCUT2D eigenvalue weighted by atomic mass is 16.5. The third-order valence-electron chi connectivity index (χ3n) is 1.32. The number of alkyl carbamates (subject to hydrolysis) is 1. The number of amides is 2. The SMILES string of the molecule is CCOC(=O)N[C@@H](CC)C(N)=O. The molecule has 1 atom stereocenters. The summed E-state index contributed by atoms with van der Waals surface area (Å²) in [5.41, 5.74) is 4.98. The van der Waals surface area contributed by atoms with Gasteiger partial charge in [0.05, 0.1) is 6.61 Å². The molecule has 12 heavy (non-hydrogen) atoms. The summed E-state index contributed by atoms with van der Waals surface area (Å²) < 4.78 is 4.57. The Kier molecular flexibility index (Phi) is 4.83. The molecule has 0 rings (SSSR count). The van der Waals surface area contributed by atoms with Gasteiger partial charge in [0.15, 0.2) is 0 Å². The predicted molar refractivity (Wildman–Crippen MR) is 43.4 cm³/mol. The number of hydrogen-bond donors (Lipinski definition) is 2. The predicted octanol–water partition coefficient (Wildman–Crippen LogP) is -0.00360. The minimum atomic E-state index is -0.635. The van der Waals surface area contributed by atoms with E-state index in [-0.39, 0.29) is 6.61 Å². The molecule has 0 unspecified atom stereocenters. The van der Waals surface area contributed by atoms with Crippen molar-refractivity contribution in [3.05, 3.63) is 0 Å². The third-order valence-corrected chi connectivity index (χ3v) is 1.32. The molecule has 0 heterocycles. The lowest BCUT2D eigenvalue weighted by Gasteiger charge is -2.12. The Morgan fingerprint density at radius 2 is 2.08 bits per heavy atom. The summed E-state index contributed by atoms with van der Waals surface area (Å²) in [4.78, 5) is 21.4. The first kappa shape index (κ1) is 10.7. The Morgan fingerprint density at radius 3 is 2.42 bits per heavy atom. The van der Waals surface area contributed by atoms with Crippen LogP contribution in [0.25, 0.3) is 0 Å². The quantitative estimate of drug-likeness (QED) is 0.629. The van der Waals surface area contributed by atoms with Crippen molar-refractivity contribution < 1.29 is 14.3 Å². The summed E-state index contributed by atoms with van der Waals surface area (Å²) in [6, 6.07) is -0.635. The lowest BCUT2D eigenvalue weighted by molar-refractivity contribution is -0.120. The number of carbonyl (C=O) groups is 2. The minimum absolute atomic E-state index is 0.279. The second-order valence-electron chi connectivity index (χ2n) is 2.23. The molecule has 3 N–H and O–H groups in total. The van der Waals surface area contributed by atoms with Gasteiger partial charge in [-0.1, -0.05) is 6.92 Å². The van der Waals surface area contributed by atoms with Gasteiger partial charge in [0.1, 0.15) is 6.04 Å². The molecule has 0 saturated carbocycles. The first-order valence-electron chi connectivity index (χ1n) is 3.84. The van der Waals surface area contributed by atoms with Gasteiger partial charge in [-0.15, -0.1) is 0 Å². The summed E-state index contributed by atoms with van der Waals surface area (Å²) in [6.07, 6.45) is -0.142. The van der Waals surface area contributed by atoms with E-state index in [9.17, 15) is 9.59 Å². The second kappa shape index (κ2) is 5.40. The van der Waals surface area contributed by atoms with Crippen LogP contribution < -0.4 is 11.1 Å². The van der Waals surface area contributed by atoms with Crippen molar-refractivity contribution in [1.82, 2.24) is 5.32 Å². The lowest BCUT2D eigenvalue weighted by atomic mass is 10.2. The van der Waals surface area contributed by atoms with E-state index in [1.807, 2.05) is 0 Å². The topological polar surface area (TPSA) is 81.4 Å². The molecule has 0 spiro atoms. The zero-order valence-electron chi connectivity index (χ0n) is 7.29. The molecule has 0 aromatic rings. The molecule has 5 nitrogen and oxygen atoms in total. The maximum Gasteiger partial charge on any atom is 0.407 e. The van der Waals surface area contributed by atoms with Crippen molar-refractivity contribution >= 4 is 12.0 Å². The molecule has 0 bridgehead atoms. The maximum absolute atomic E-state index is 10.8. The standard InChI is InChI=1S/C7H14N2O3/c1-3-5(6(8)10)9-7(11)12-4-2/h5H,3-4H2,1-2H3,(H2,8,10)(H,9,11)/t5-/m0/s1. The van der Waals surface area contributed by atoms with Crippen molar-refractivity contribution in [2.75, 3.05) is 6.61 Å². The summed E-state index contributed by atoms with van der Waals surface area (Å²) in [7, 11) is 0. The van der Waals surface area contributed by atoms with Crippen LogP contribution in [0, 0.1) is 0 Å². The molecular formula is C7H14N2O3. The van der Waals surface area contributed by atoms with Crippen molar-refractivity contribution in [3.8, 4) is 0 Å². The molecule has 5 heteroatoms. The molecule has 0 aliphatic carbocycles. The van der Waals surface area contributed by atoms with E-state index >= 15 is 0 Å². The first-order valence-corrected chi connectivity index (χ1v) is 3.84. The van der Waals surface area contributed by atoms with Crippen molar-refractivity contribution in [2.24, 2.45) is 5.73 Å². The molecule has 70 valence electrons. The van der Waals surface area contributed by atoms with Crippen LogP contribution in [-0.4, -0.2) is 24.6 Å². The Morgan fingerprint density at radius 1 is 1.50 bits per heavy atom. The number of carbonyl (C=O) groups excluding carboxylic acids is 2. The van der Waals surface area contributed by atoms with Crippen molar-refractivity contribution in [3.63, 3.8) is 0 Å². The number of ether oxygens (including phenoxy) is 1. The van der Waals surface area contributed by atoms with E-state index in [0.29, 0.717) is 6.42 Å². The van der Waals surface area contributed by atoms with Crippen LogP contribution in [-0.2, 0) is 9.53 Å². The van der Waals surface area contributed by atoms with Gasteiger partial charge in [0.2, 0.25) is 5.91 Å². The summed E-state index contributed by atoms with van der Waals surface area (Å²) in [6.45, 7) is 3.72. The van der Waals surface area contributed by atoms with Gasteiger partial charge >= 0.3 is 6.09 Å². The molecule has 0 aliphatic heterocycles. The van der Waals surface area contributed by atoms with Gasteiger partial charge < -0.3 is 15.8 Å². The molecule has 0 saturated heterocycles. The highest BCUT2D eigenvalue weighted by molar-refractivity contribution is 5.84. The number of rotatable bonds is 4. The zero-order chi connectivity index (χ0) is 9.56. The summed E-state index contributed by atoms with van der Waals surface area (Å²) in [5, 5.41) is 2.33. The van der Waals surface area contributed by atoms with Crippen LogP contribution in [0.2, 0.25) is 0 Å². The van der Waals surface area contributed by atoms with E-state index in [4.69, 9.17) is 5.73 Å². The van der Waals surface area contributed by atoms with E-state index < -0.39 is 18.0 Å². The van der Waals surface area contributed by atoms with E-state index in [1.54, 1.807) is 13.8 Å². The van der Waals surface area contributed by atoms with Crippen LogP contribution in [0.15, 0.2) is 0 Å². The van der Waals surface area contributed by atoms with Gasteiger partial charge in [0.25, 0.3) is 0 Å². The molecule has 0 aromatic heterocycles. The third kappa shape index (κ3) is 3.80. The average molecular weight is 174 g/mol. The number of nitrogens with two attached hydrogens (primary N) is 1. The van der Waals surface area contributed by atoms with Gasteiger partial charge in [-0.25, -0.2) is 4.79 Å². The smallest absolute Gasteiger partial charge is 0.407 e. The summed E-state index contributed by atoms with van der Waals surface area (Å²) in [5.74, 6) is -0.550. The molecule has 2 amide bonds. The largest absolute Gasteiger partial charge is 0.450 e. The number of hydrogen-bond acceptors (Lipinski definition) is 3. The highest BCUT2D eigenvalue weighted by Gasteiger charge is 2.15. The normalized spacial score (nSPS) is 11.8. The van der Waals surface area contributed by atoms with Crippen LogP contribution >= 0.6 is 0 Å². The summed E-state index contributed by atoms with van der Waals surface area (Å²) >= 11 is 0. The Bertz CT molecular complexity index is 170. The van der Waals surface area contributed by atoms with Gasteiger partial charge in [-0.2, -0.15) is 0 Å². The Balaban J connectivity index is 3.85. The van der Waals surface area contributed by atoms with E-state index in [0.717, 1.165) is 0 Å². The average Bonchev–Trinajstić information content (AvgIpc) is 2.00. The lowest BCUT2D eigenvalue weighted by Crippen LogP contribution is -2.44. The van der Waals surface area contributed by atoms with Crippen LogP contribution in [0.3, 0.4) is 0 Å². The number of nitrogens with one attached hydrogen (secondary N) is 1. The fraction of sp³-hybridized carbons (Fsp3) is 0.714. The monoisotopic (exact) mass is 174 g/mol. The molecule has 0 fully saturated rings. The van der Waals surface area contributed by atoms with Crippen molar-refractivity contribution in [2.45, 2.75) is 26.3 Å². The van der Waals surface area contributed by atoms with Crippen LogP contribution in [0.5, 0.6) is 0 Å². The van der Waals surface area contributed by atoms with Crippen molar-refractivity contribution in [1.29, 1.82) is 0 Å². The van der Waals surface area contributed by atoms with Gasteiger partial charge in [-0.05, 0) is 13.3 Å². The molecule has 0 aromatic carbocycles. The fourth-order valence-corrected chi connectivity index (χ4v) is 0.689. The highest BCUT2D eigenvalue weighted by Crippen LogP contribution is 1.90. The number of primary amides is 1. The Hall–Kier alpha value is -1.26. The second-order valence-corrected chi connectivity index (χ2v) is 2.23. The van der Waals surface area contributed by atoms with Crippen LogP contribution in [0.1, 0.15) is 20.3 Å². The Labute approximate surface area is 71.3 Å². The molecular weight excluding hydrogens is 160 g/mol. The zero-order valence-corrected chi connectivity index (χ0v) is 7.29. The van der Waals surface area contributed by atoms with Crippen LogP contribution in [0.4, 0.5) is 4.79 Å². The fourth-order valence-electron chi connectivity index (χ4n) is 0.689. The first-order chi connectivity index (χ1) is 5.61.